The highest BCUT2D eigenvalue weighted by Crippen LogP contribution is 2.23. The second kappa shape index (κ2) is 8.04. The molecule has 4 rings (SSSR count). The highest BCUT2D eigenvalue weighted by Gasteiger charge is 2.13. The summed E-state index contributed by atoms with van der Waals surface area (Å²) in [4.78, 5) is 4.45. The van der Waals surface area contributed by atoms with Crippen LogP contribution < -0.4 is 9.47 Å². The molecule has 0 aliphatic heterocycles. The van der Waals surface area contributed by atoms with Gasteiger partial charge in [-0.05, 0) is 43.7 Å². The first kappa shape index (κ1) is 17.9. The molecule has 0 saturated heterocycles. The summed E-state index contributed by atoms with van der Waals surface area (Å²) in [5, 5.41) is 4.36. The van der Waals surface area contributed by atoms with Crippen LogP contribution in [0, 0.1) is 6.92 Å². The lowest BCUT2D eigenvalue weighted by atomic mass is 10.2. The van der Waals surface area contributed by atoms with Crippen molar-refractivity contribution in [1.29, 1.82) is 0 Å². The summed E-state index contributed by atoms with van der Waals surface area (Å²) in [6.45, 7) is 5.41. The number of ether oxygens (including phenoxy) is 2. The fraction of sp³-hybridized carbons (Fsp3) is 0.238. The van der Waals surface area contributed by atoms with Crippen molar-refractivity contribution in [3.05, 3.63) is 71.9 Å². The van der Waals surface area contributed by atoms with Crippen LogP contribution >= 0.6 is 0 Å². The number of aromatic nitrogens is 3. The van der Waals surface area contributed by atoms with Crippen LogP contribution in [0.15, 0.2) is 63.8 Å². The Morgan fingerprint density at radius 2 is 1.93 bits per heavy atom. The average Bonchev–Trinajstić information content (AvgIpc) is 3.43. The van der Waals surface area contributed by atoms with Gasteiger partial charge in [-0.15, -0.1) is 5.10 Å². The van der Waals surface area contributed by atoms with E-state index in [1.165, 1.54) is 0 Å². The predicted octanol–water partition coefficient (Wildman–Crippen LogP) is 4.47. The summed E-state index contributed by atoms with van der Waals surface area (Å²) < 4.78 is 24.0. The summed E-state index contributed by atoms with van der Waals surface area (Å²) in [5.74, 6) is 3.18. The SMILES string of the molecule is CCOc1ccn(Cc2ccc(OCc3nc(-c4ccco4)oc3C)cc2)n1. The Balaban J connectivity index is 1.35. The van der Waals surface area contributed by atoms with E-state index >= 15 is 0 Å². The van der Waals surface area contributed by atoms with Crippen LogP contribution in [0.3, 0.4) is 0 Å². The van der Waals surface area contributed by atoms with Crippen molar-refractivity contribution in [2.24, 2.45) is 0 Å². The van der Waals surface area contributed by atoms with E-state index in [1.54, 1.807) is 12.3 Å². The molecule has 0 bridgehead atoms. The van der Waals surface area contributed by atoms with Gasteiger partial charge in [-0.2, -0.15) is 0 Å². The number of hydrogen-bond acceptors (Lipinski definition) is 6. The molecule has 0 N–H and O–H groups in total. The van der Waals surface area contributed by atoms with E-state index in [9.17, 15) is 0 Å². The van der Waals surface area contributed by atoms with Gasteiger partial charge in [0.15, 0.2) is 5.76 Å². The lowest BCUT2D eigenvalue weighted by Crippen LogP contribution is -2.02. The van der Waals surface area contributed by atoms with Gasteiger partial charge < -0.3 is 18.3 Å². The maximum Gasteiger partial charge on any atom is 0.263 e. The van der Waals surface area contributed by atoms with Crippen molar-refractivity contribution < 1.29 is 18.3 Å². The van der Waals surface area contributed by atoms with Crippen LogP contribution in [0.2, 0.25) is 0 Å². The van der Waals surface area contributed by atoms with Gasteiger partial charge in [-0.3, -0.25) is 4.68 Å². The summed E-state index contributed by atoms with van der Waals surface area (Å²) in [7, 11) is 0. The van der Waals surface area contributed by atoms with E-state index in [0.29, 0.717) is 43.0 Å². The second-order valence-corrected chi connectivity index (χ2v) is 6.22. The van der Waals surface area contributed by atoms with Gasteiger partial charge in [0.2, 0.25) is 5.88 Å². The van der Waals surface area contributed by atoms with Crippen LogP contribution in [0.25, 0.3) is 11.7 Å². The van der Waals surface area contributed by atoms with Gasteiger partial charge in [-0.1, -0.05) is 12.1 Å². The molecule has 7 nitrogen and oxygen atoms in total. The molecule has 0 aliphatic carbocycles. The van der Waals surface area contributed by atoms with E-state index in [1.807, 2.05) is 61.1 Å². The van der Waals surface area contributed by atoms with Gasteiger partial charge in [0.25, 0.3) is 5.89 Å². The van der Waals surface area contributed by atoms with Crippen molar-refractivity contribution in [3.63, 3.8) is 0 Å². The van der Waals surface area contributed by atoms with Gasteiger partial charge in [0, 0.05) is 12.3 Å². The predicted molar refractivity (Wildman–Crippen MR) is 102 cm³/mol. The fourth-order valence-electron chi connectivity index (χ4n) is 2.75. The number of benzene rings is 1. The fourth-order valence-corrected chi connectivity index (χ4v) is 2.75. The van der Waals surface area contributed by atoms with Gasteiger partial charge in [-0.25, -0.2) is 4.98 Å². The molecule has 7 heteroatoms. The Labute approximate surface area is 162 Å². The molecule has 0 saturated carbocycles. The maximum absolute atomic E-state index is 5.85. The zero-order valence-corrected chi connectivity index (χ0v) is 15.8. The smallest absolute Gasteiger partial charge is 0.263 e. The molecule has 0 radical (unpaired) electrons. The van der Waals surface area contributed by atoms with Crippen molar-refractivity contribution in [3.8, 4) is 23.3 Å². The topological polar surface area (TPSA) is 75.5 Å². The molecule has 0 fully saturated rings. The number of hydrogen-bond donors (Lipinski definition) is 0. The lowest BCUT2D eigenvalue weighted by molar-refractivity contribution is 0.299. The number of oxazole rings is 1. The second-order valence-electron chi connectivity index (χ2n) is 6.22. The summed E-state index contributed by atoms with van der Waals surface area (Å²) in [6.07, 6.45) is 3.49. The van der Waals surface area contributed by atoms with Crippen molar-refractivity contribution in [2.45, 2.75) is 27.0 Å². The molecule has 3 heterocycles. The largest absolute Gasteiger partial charge is 0.487 e. The Morgan fingerprint density at radius 1 is 1.07 bits per heavy atom. The highest BCUT2D eigenvalue weighted by molar-refractivity contribution is 5.44. The number of nitrogens with zero attached hydrogens (tertiary/aromatic N) is 3. The third-order valence-corrected chi connectivity index (χ3v) is 4.18. The van der Waals surface area contributed by atoms with E-state index in [0.717, 1.165) is 17.0 Å². The number of furan rings is 1. The maximum atomic E-state index is 5.85. The number of rotatable bonds is 8. The minimum Gasteiger partial charge on any atom is -0.487 e. The molecular weight excluding hydrogens is 358 g/mol. The Kier molecular flexibility index (Phi) is 5.14. The minimum absolute atomic E-state index is 0.326. The van der Waals surface area contributed by atoms with E-state index in [-0.39, 0.29) is 0 Å². The van der Waals surface area contributed by atoms with Crippen LogP contribution in [-0.4, -0.2) is 21.4 Å². The normalized spacial score (nSPS) is 10.9. The van der Waals surface area contributed by atoms with Crippen LogP contribution in [0.5, 0.6) is 11.6 Å². The lowest BCUT2D eigenvalue weighted by Gasteiger charge is -2.06. The summed E-state index contributed by atoms with van der Waals surface area (Å²) >= 11 is 0. The molecule has 0 amide bonds. The molecule has 0 atom stereocenters. The van der Waals surface area contributed by atoms with Crippen LogP contribution in [-0.2, 0) is 13.2 Å². The van der Waals surface area contributed by atoms with Crippen LogP contribution in [0.1, 0.15) is 23.9 Å². The van der Waals surface area contributed by atoms with Crippen molar-refractivity contribution in [1.82, 2.24) is 14.8 Å². The molecule has 0 aliphatic rings. The molecule has 0 spiro atoms. The van der Waals surface area contributed by atoms with Crippen molar-refractivity contribution >= 4 is 0 Å². The van der Waals surface area contributed by atoms with Crippen molar-refractivity contribution in [2.75, 3.05) is 6.61 Å². The summed E-state index contributed by atoms with van der Waals surface area (Å²) in [5.41, 5.74) is 1.87. The molecule has 4 aromatic rings. The first-order valence-electron chi connectivity index (χ1n) is 9.09. The van der Waals surface area contributed by atoms with E-state index in [4.69, 9.17) is 18.3 Å². The van der Waals surface area contributed by atoms with E-state index < -0.39 is 0 Å². The quantitative estimate of drug-likeness (QED) is 0.450. The monoisotopic (exact) mass is 379 g/mol. The first-order chi connectivity index (χ1) is 13.7. The molecule has 1 aromatic carbocycles. The third kappa shape index (κ3) is 4.09. The summed E-state index contributed by atoms with van der Waals surface area (Å²) in [6, 6.07) is 13.4. The molecule has 3 aromatic heterocycles. The number of aryl methyl sites for hydroxylation is 1. The molecule has 144 valence electrons. The van der Waals surface area contributed by atoms with Gasteiger partial charge in [0.1, 0.15) is 23.8 Å². The molecule has 0 unspecified atom stereocenters. The molecular formula is C21H21N3O4. The highest BCUT2D eigenvalue weighted by atomic mass is 16.5. The zero-order chi connectivity index (χ0) is 19.3. The van der Waals surface area contributed by atoms with E-state index in [2.05, 4.69) is 10.1 Å². The third-order valence-electron chi connectivity index (χ3n) is 4.18. The Hall–Kier alpha value is -3.48. The van der Waals surface area contributed by atoms with Gasteiger partial charge in [0.05, 0.1) is 19.4 Å². The first-order valence-corrected chi connectivity index (χ1v) is 9.09. The average molecular weight is 379 g/mol. The minimum atomic E-state index is 0.326. The van der Waals surface area contributed by atoms with Gasteiger partial charge >= 0.3 is 0 Å². The Morgan fingerprint density at radius 3 is 2.68 bits per heavy atom. The molecule has 28 heavy (non-hydrogen) atoms. The van der Waals surface area contributed by atoms with Crippen LogP contribution in [0.4, 0.5) is 0 Å². The standard InChI is InChI=1S/C21H21N3O4/c1-3-25-20-10-11-24(23-20)13-16-6-8-17(9-7-16)27-14-18-15(2)28-21(22-18)19-5-4-12-26-19/h4-12H,3,13-14H2,1-2H3. The zero-order valence-electron chi connectivity index (χ0n) is 15.8. The Bertz CT molecular complexity index is 1020.